The second kappa shape index (κ2) is 13.4. The van der Waals surface area contributed by atoms with Crippen LogP contribution in [0.15, 0.2) is 57.5 Å². The van der Waals surface area contributed by atoms with Crippen molar-refractivity contribution >= 4 is 29.3 Å². The summed E-state index contributed by atoms with van der Waals surface area (Å²) in [6.45, 7) is 5.04. The van der Waals surface area contributed by atoms with Crippen LogP contribution in [-0.2, 0) is 14.3 Å². The molecule has 0 radical (unpaired) electrons. The Hall–Kier alpha value is -4.58. The number of amides is 1. The van der Waals surface area contributed by atoms with Crippen LogP contribution in [0.1, 0.15) is 43.9 Å². The molecule has 0 saturated carbocycles. The zero-order valence-corrected chi connectivity index (χ0v) is 26.2. The third kappa shape index (κ3) is 6.07. The van der Waals surface area contributed by atoms with Gasteiger partial charge in [-0.15, -0.1) is 0 Å². The zero-order chi connectivity index (χ0) is 31.4. The molecule has 5 rings (SSSR count). The molecule has 0 aliphatic carbocycles. The maximum Gasteiger partial charge on any atom is 0.338 e. The van der Waals surface area contributed by atoms with Crippen LogP contribution in [0.5, 0.6) is 23.0 Å². The number of likely N-dealkylation sites (tertiary alicyclic amines) is 1. The minimum absolute atomic E-state index is 0.0599. The van der Waals surface area contributed by atoms with Crippen molar-refractivity contribution in [2.45, 2.75) is 32.7 Å². The van der Waals surface area contributed by atoms with E-state index in [4.69, 9.17) is 23.7 Å². The van der Waals surface area contributed by atoms with Gasteiger partial charge < -0.3 is 28.6 Å². The Balaban J connectivity index is 1.55. The Morgan fingerprint density at radius 2 is 1.75 bits per heavy atom. The molecule has 0 bridgehead atoms. The van der Waals surface area contributed by atoms with E-state index in [1.54, 1.807) is 68.3 Å². The summed E-state index contributed by atoms with van der Waals surface area (Å²) in [6, 6.07) is 9.63. The summed E-state index contributed by atoms with van der Waals surface area (Å²) in [7, 11) is 4.59. The molecular weight excluding hydrogens is 586 g/mol. The van der Waals surface area contributed by atoms with Crippen molar-refractivity contribution in [3.05, 3.63) is 78.5 Å². The number of rotatable bonds is 10. The Bertz CT molecular complexity index is 1790. The predicted octanol–water partition coefficient (Wildman–Crippen LogP) is 2.83. The van der Waals surface area contributed by atoms with Gasteiger partial charge in [0.2, 0.25) is 0 Å². The Labute approximate surface area is 258 Å². The fourth-order valence-electron chi connectivity index (χ4n) is 5.37. The molecule has 2 aromatic carbocycles. The van der Waals surface area contributed by atoms with Crippen molar-refractivity contribution in [2.75, 3.05) is 47.6 Å². The lowest BCUT2D eigenvalue weighted by Crippen LogP contribution is -2.40. The van der Waals surface area contributed by atoms with E-state index in [1.807, 2.05) is 0 Å². The maximum atomic E-state index is 14.0. The summed E-state index contributed by atoms with van der Waals surface area (Å²) in [5.74, 6) is 1.26. The van der Waals surface area contributed by atoms with Gasteiger partial charge in [0, 0.05) is 24.7 Å². The number of methoxy groups -OCH3 is 3. The Morgan fingerprint density at radius 1 is 1.00 bits per heavy atom. The summed E-state index contributed by atoms with van der Waals surface area (Å²) >= 11 is 1.21. The van der Waals surface area contributed by atoms with Crippen LogP contribution in [0.2, 0.25) is 0 Å². The number of allylic oxidation sites excluding steroid dienone is 1. The fourth-order valence-corrected chi connectivity index (χ4v) is 6.42. The van der Waals surface area contributed by atoms with Gasteiger partial charge in [0.1, 0.15) is 17.5 Å². The summed E-state index contributed by atoms with van der Waals surface area (Å²) in [4.78, 5) is 46.6. The molecule has 12 heteroatoms. The molecule has 0 spiro atoms. The molecule has 1 fully saturated rings. The number of hydrogen-bond acceptors (Lipinski definition) is 10. The third-order valence-corrected chi connectivity index (χ3v) is 8.53. The van der Waals surface area contributed by atoms with Crippen LogP contribution >= 0.6 is 11.3 Å². The Kier molecular flexibility index (Phi) is 9.38. The van der Waals surface area contributed by atoms with Crippen LogP contribution in [0.25, 0.3) is 6.08 Å². The van der Waals surface area contributed by atoms with Crippen molar-refractivity contribution in [1.82, 2.24) is 9.47 Å². The lowest BCUT2D eigenvalue weighted by molar-refractivity contribution is -0.139. The molecule has 1 aromatic heterocycles. The average Bonchev–Trinajstić information content (AvgIpc) is 3.68. The maximum absolute atomic E-state index is 14.0. The first-order valence-electron chi connectivity index (χ1n) is 14.3. The van der Waals surface area contributed by atoms with Crippen LogP contribution in [0, 0.1) is 0 Å². The van der Waals surface area contributed by atoms with Crippen LogP contribution in [-0.4, -0.2) is 69.0 Å². The van der Waals surface area contributed by atoms with Crippen LogP contribution < -0.4 is 33.8 Å². The quantitative estimate of drug-likeness (QED) is 0.318. The highest BCUT2D eigenvalue weighted by Crippen LogP contribution is 2.37. The van der Waals surface area contributed by atoms with Crippen molar-refractivity contribution in [2.24, 2.45) is 4.99 Å². The SMILES string of the molecule is CCOC(=O)C1=C(C)N=c2s/c(=C/c3ccc(OCC(=O)N4CCCC4)c(OC)c3)c(=O)n2[C@H]1c1ccc(OC)cc1OC. The van der Waals surface area contributed by atoms with Crippen molar-refractivity contribution in [3.63, 3.8) is 0 Å². The van der Waals surface area contributed by atoms with E-state index < -0.39 is 12.0 Å². The van der Waals surface area contributed by atoms with E-state index in [9.17, 15) is 14.4 Å². The van der Waals surface area contributed by atoms with Gasteiger partial charge in [0.25, 0.3) is 11.5 Å². The molecule has 1 amide bonds. The number of ether oxygens (including phenoxy) is 5. The molecule has 232 valence electrons. The standard InChI is InChI=1S/C32H35N3O8S/c1-6-42-31(38)28-19(2)33-32-35(29(28)22-11-10-21(39-3)17-24(22)40-4)30(37)26(44-32)16-20-9-12-23(25(15-20)41-5)43-18-27(36)34-13-7-8-14-34/h9-12,15-17,29H,6-8,13-14,18H2,1-5H3/b26-16+/t29-/m0/s1. The highest BCUT2D eigenvalue weighted by Gasteiger charge is 2.35. The topological polar surface area (TPSA) is 118 Å². The van der Waals surface area contributed by atoms with Crippen LogP contribution in [0.4, 0.5) is 0 Å². The molecule has 1 saturated heterocycles. The zero-order valence-electron chi connectivity index (χ0n) is 25.4. The minimum atomic E-state index is -0.841. The first-order chi connectivity index (χ1) is 21.3. The first-order valence-corrected chi connectivity index (χ1v) is 15.1. The summed E-state index contributed by atoms with van der Waals surface area (Å²) in [5, 5.41) is 0. The molecule has 0 unspecified atom stereocenters. The van der Waals surface area contributed by atoms with E-state index >= 15 is 0 Å². The molecule has 2 aliphatic rings. The highest BCUT2D eigenvalue weighted by molar-refractivity contribution is 7.07. The van der Waals surface area contributed by atoms with E-state index in [1.165, 1.54) is 30.1 Å². The molecule has 3 heterocycles. The molecule has 44 heavy (non-hydrogen) atoms. The lowest BCUT2D eigenvalue weighted by atomic mass is 9.95. The fraction of sp³-hybridized carbons (Fsp3) is 0.375. The van der Waals surface area contributed by atoms with Crippen molar-refractivity contribution in [3.8, 4) is 23.0 Å². The summed E-state index contributed by atoms with van der Waals surface area (Å²) < 4.78 is 29.6. The number of benzene rings is 2. The number of carbonyl (C=O) groups excluding carboxylic acids is 2. The molecule has 3 aromatic rings. The van der Waals surface area contributed by atoms with E-state index in [0.29, 0.717) is 49.2 Å². The normalized spacial score (nSPS) is 16.3. The number of esters is 1. The van der Waals surface area contributed by atoms with Gasteiger partial charge in [0.05, 0.1) is 43.7 Å². The van der Waals surface area contributed by atoms with Crippen molar-refractivity contribution in [1.29, 1.82) is 0 Å². The molecule has 0 N–H and O–H groups in total. The smallest absolute Gasteiger partial charge is 0.338 e. The molecule has 2 aliphatic heterocycles. The van der Waals surface area contributed by atoms with Gasteiger partial charge >= 0.3 is 5.97 Å². The lowest BCUT2D eigenvalue weighted by Gasteiger charge is -2.26. The number of thiazole rings is 1. The second-order valence-electron chi connectivity index (χ2n) is 10.2. The van der Waals surface area contributed by atoms with Gasteiger partial charge in [-0.3, -0.25) is 14.2 Å². The van der Waals surface area contributed by atoms with Crippen LogP contribution in [0.3, 0.4) is 0 Å². The average molecular weight is 622 g/mol. The van der Waals surface area contributed by atoms with Crippen molar-refractivity contribution < 1.29 is 33.3 Å². The monoisotopic (exact) mass is 621 g/mol. The number of aromatic nitrogens is 1. The van der Waals surface area contributed by atoms with E-state index in [0.717, 1.165) is 25.9 Å². The predicted molar refractivity (Wildman–Crippen MR) is 164 cm³/mol. The second-order valence-corrected chi connectivity index (χ2v) is 11.2. The first kappa shape index (κ1) is 30.9. The largest absolute Gasteiger partial charge is 0.497 e. The minimum Gasteiger partial charge on any atom is -0.497 e. The summed E-state index contributed by atoms with van der Waals surface area (Å²) in [5.41, 5.74) is 1.64. The molecule has 11 nitrogen and oxygen atoms in total. The van der Waals surface area contributed by atoms with E-state index in [-0.39, 0.29) is 30.3 Å². The number of hydrogen-bond donors (Lipinski definition) is 0. The van der Waals surface area contributed by atoms with E-state index in [2.05, 4.69) is 4.99 Å². The number of carbonyl (C=O) groups is 2. The summed E-state index contributed by atoms with van der Waals surface area (Å²) in [6.07, 6.45) is 3.75. The number of fused-ring (bicyclic) bond motifs is 1. The Morgan fingerprint density at radius 3 is 2.43 bits per heavy atom. The van der Waals surface area contributed by atoms with Gasteiger partial charge in [0.15, 0.2) is 22.9 Å². The van der Waals surface area contributed by atoms with Gasteiger partial charge in [-0.1, -0.05) is 17.4 Å². The molecular formula is C32H35N3O8S. The molecule has 1 atom stereocenters. The highest BCUT2D eigenvalue weighted by atomic mass is 32.1. The number of nitrogens with zero attached hydrogens (tertiary/aromatic N) is 3. The third-order valence-electron chi connectivity index (χ3n) is 7.55. The van der Waals surface area contributed by atoms with Gasteiger partial charge in [-0.05, 0) is 62.6 Å². The van der Waals surface area contributed by atoms with Gasteiger partial charge in [-0.2, -0.15) is 0 Å². The van der Waals surface area contributed by atoms with Gasteiger partial charge in [-0.25, -0.2) is 9.79 Å².